The van der Waals surface area contributed by atoms with Gasteiger partial charge in [-0.3, -0.25) is 0 Å². The third kappa shape index (κ3) is 2.70. The van der Waals surface area contributed by atoms with Gasteiger partial charge in [-0.25, -0.2) is 9.59 Å². The van der Waals surface area contributed by atoms with Crippen LogP contribution in [-0.2, 0) is 4.79 Å². The van der Waals surface area contributed by atoms with Gasteiger partial charge in [-0.05, 0) is 48.7 Å². The Morgan fingerprint density at radius 1 is 1.12 bits per heavy atom. The Hall–Kier alpha value is -2.10. The van der Waals surface area contributed by atoms with Crippen molar-refractivity contribution >= 4 is 18.0 Å². The van der Waals surface area contributed by atoms with E-state index in [1.54, 1.807) is 13.8 Å². The predicted molar refractivity (Wildman–Crippen MR) is 59.5 cm³/mol. The van der Waals surface area contributed by atoms with Gasteiger partial charge >= 0.3 is 11.9 Å². The van der Waals surface area contributed by atoms with Crippen molar-refractivity contribution in [3.05, 3.63) is 40.5 Å². The van der Waals surface area contributed by atoms with Crippen LogP contribution in [0.5, 0.6) is 0 Å². The lowest BCUT2D eigenvalue weighted by atomic mass is 9.99. The lowest BCUT2D eigenvalue weighted by molar-refractivity contribution is -0.131. The number of hydrogen-bond donors (Lipinski definition) is 2. The zero-order valence-corrected chi connectivity index (χ0v) is 9.02. The Morgan fingerprint density at radius 2 is 1.62 bits per heavy atom. The van der Waals surface area contributed by atoms with E-state index in [1.165, 1.54) is 18.2 Å². The van der Waals surface area contributed by atoms with E-state index in [-0.39, 0.29) is 5.56 Å². The maximum Gasteiger partial charge on any atom is 0.335 e. The van der Waals surface area contributed by atoms with Gasteiger partial charge in [0, 0.05) is 6.08 Å². The maximum atomic E-state index is 10.8. The molecule has 0 unspecified atom stereocenters. The van der Waals surface area contributed by atoms with Crippen LogP contribution in [0.4, 0.5) is 0 Å². The molecule has 0 aliphatic heterocycles. The molecule has 1 aromatic carbocycles. The summed E-state index contributed by atoms with van der Waals surface area (Å²) in [5, 5.41) is 17.3. The molecule has 1 rings (SSSR count). The molecular weight excluding hydrogens is 208 g/mol. The second kappa shape index (κ2) is 4.61. The fraction of sp³-hybridized carbons (Fsp3) is 0.167. The van der Waals surface area contributed by atoms with Gasteiger partial charge in [0.1, 0.15) is 0 Å². The van der Waals surface area contributed by atoms with Gasteiger partial charge in [-0.2, -0.15) is 0 Å². The van der Waals surface area contributed by atoms with E-state index in [0.717, 1.165) is 22.8 Å². The summed E-state index contributed by atoms with van der Waals surface area (Å²) >= 11 is 0. The number of aliphatic carboxylic acids is 1. The molecule has 0 saturated carbocycles. The van der Waals surface area contributed by atoms with Crippen LogP contribution >= 0.6 is 0 Å². The van der Waals surface area contributed by atoms with Gasteiger partial charge in [0.05, 0.1) is 5.56 Å². The fourth-order valence-corrected chi connectivity index (χ4v) is 1.52. The van der Waals surface area contributed by atoms with Crippen LogP contribution < -0.4 is 0 Å². The van der Waals surface area contributed by atoms with E-state index in [9.17, 15) is 9.59 Å². The van der Waals surface area contributed by atoms with Crippen molar-refractivity contribution in [2.24, 2.45) is 0 Å². The summed E-state index contributed by atoms with van der Waals surface area (Å²) in [5.41, 5.74) is 2.44. The van der Waals surface area contributed by atoms with Gasteiger partial charge in [0.15, 0.2) is 0 Å². The number of hydrogen-bond acceptors (Lipinski definition) is 2. The molecule has 2 N–H and O–H groups in total. The first-order chi connectivity index (χ1) is 7.41. The van der Waals surface area contributed by atoms with Crippen molar-refractivity contribution in [3.8, 4) is 0 Å². The normalized spacial score (nSPS) is 10.6. The highest BCUT2D eigenvalue weighted by Gasteiger charge is 2.07. The van der Waals surface area contributed by atoms with Crippen LogP contribution in [0.25, 0.3) is 6.08 Å². The molecular formula is C12H12O4. The molecule has 0 atom stereocenters. The molecule has 0 spiro atoms. The standard InChI is InChI=1S/C12H12O4/c1-7-5-9(12(15)16)6-8(2)10(7)3-4-11(13)14/h3-6H,1-2H3,(H,13,14)(H,15,16)/b4-3+. The van der Waals surface area contributed by atoms with Crippen molar-refractivity contribution < 1.29 is 19.8 Å². The van der Waals surface area contributed by atoms with E-state index >= 15 is 0 Å². The largest absolute Gasteiger partial charge is 0.478 e. The molecule has 0 aromatic heterocycles. The summed E-state index contributed by atoms with van der Waals surface area (Å²) in [6, 6.07) is 3.05. The number of rotatable bonds is 3. The highest BCUT2D eigenvalue weighted by Crippen LogP contribution is 2.18. The van der Waals surface area contributed by atoms with Crippen molar-refractivity contribution in [1.82, 2.24) is 0 Å². The summed E-state index contributed by atoms with van der Waals surface area (Å²) in [4.78, 5) is 21.2. The SMILES string of the molecule is Cc1cc(C(=O)O)cc(C)c1/C=C/C(=O)O. The molecule has 0 saturated heterocycles. The van der Waals surface area contributed by atoms with E-state index in [1.807, 2.05) is 0 Å². The summed E-state index contributed by atoms with van der Waals surface area (Å²) in [6.45, 7) is 3.50. The minimum Gasteiger partial charge on any atom is -0.478 e. The van der Waals surface area contributed by atoms with Crippen LogP contribution in [0, 0.1) is 13.8 Å². The highest BCUT2D eigenvalue weighted by atomic mass is 16.4. The number of benzene rings is 1. The third-order valence-corrected chi connectivity index (χ3v) is 2.23. The van der Waals surface area contributed by atoms with Gasteiger partial charge < -0.3 is 10.2 Å². The molecule has 0 heterocycles. The van der Waals surface area contributed by atoms with Crippen molar-refractivity contribution in [2.75, 3.05) is 0 Å². The number of carboxylic acid groups (broad SMARTS) is 2. The predicted octanol–water partition coefficient (Wildman–Crippen LogP) is 2.10. The lowest BCUT2D eigenvalue weighted by Crippen LogP contribution is -1.99. The van der Waals surface area contributed by atoms with Crippen LogP contribution in [0.15, 0.2) is 18.2 Å². The third-order valence-electron chi connectivity index (χ3n) is 2.23. The zero-order chi connectivity index (χ0) is 12.3. The van der Waals surface area contributed by atoms with Crippen LogP contribution in [0.2, 0.25) is 0 Å². The Morgan fingerprint density at radius 3 is 2.00 bits per heavy atom. The van der Waals surface area contributed by atoms with E-state index in [2.05, 4.69) is 0 Å². The van der Waals surface area contributed by atoms with Crippen molar-refractivity contribution in [2.45, 2.75) is 13.8 Å². The minimum atomic E-state index is -1.03. The van der Waals surface area contributed by atoms with E-state index in [0.29, 0.717) is 0 Å². The second-order valence-corrected chi connectivity index (χ2v) is 3.50. The minimum absolute atomic E-state index is 0.211. The smallest absolute Gasteiger partial charge is 0.335 e. The van der Waals surface area contributed by atoms with Crippen LogP contribution in [0.3, 0.4) is 0 Å². The van der Waals surface area contributed by atoms with Gasteiger partial charge in [0.25, 0.3) is 0 Å². The quantitative estimate of drug-likeness (QED) is 0.765. The molecule has 0 fully saturated rings. The topological polar surface area (TPSA) is 74.6 Å². The average Bonchev–Trinajstić information content (AvgIpc) is 2.15. The van der Waals surface area contributed by atoms with E-state index < -0.39 is 11.9 Å². The molecule has 4 heteroatoms. The molecule has 0 aliphatic carbocycles. The number of carboxylic acids is 2. The lowest BCUT2D eigenvalue weighted by Gasteiger charge is -2.06. The van der Waals surface area contributed by atoms with Crippen molar-refractivity contribution in [3.63, 3.8) is 0 Å². The zero-order valence-electron chi connectivity index (χ0n) is 9.02. The Kier molecular flexibility index (Phi) is 3.45. The summed E-state index contributed by atoms with van der Waals surface area (Å²) < 4.78 is 0. The Bertz CT molecular complexity index is 449. The average molecular weight is 220 g/mol. The first-order valence-corrected chi connectivity index (χ1v) is 4.67. The summed E-state index contributed by atoms with van der Waals surface area (Å²) in [5.74, 6) is -2.01. The molecule has 0 amide bonds. The molecule has 84 valence electrons. The van der Waals surface area contributed by atoms with Gasteiger partial charge in [0.2, 0.25) is 0 Å². The number of aromatic carboxylic acids is 1. The Labute approximate surface area is 92.8 Å². The number of carbonyl (C=O) groups is 2. The second-order valence-electron chi connectivity index (χ2n) is 3.50. The maximum absolute atomic E-state index is 10.8. The van der Waals surface area contributed by atoms with Gasteiger partial charge in [-0.1, -0.05) is 0 Å². The molecule has 1 aromatic rings. The first kappa shape index (κ1) is 12.0. The number of aryl methyl sites for hydroxylation is 2. The molecule has 4 nitrogen and oxygen atoms in total. The van der Waals surface area contributed by atoms with E-state index in [4.69, 9.17) is 10.2 Å². The van der Waals surface area contributed by atoms with Crippen molar-refractivity contribution in [1.29, 1.82) is 0 Å². The monoisotopic (exact) mass is 220 g/mol. The van der Waals surface area contributed by atoms with Crippen LogP contribution in [-0.4, -0.2) is 22.2 Å². The first-order valence-electron chi connectivity index (χ1n) is 4.67. The van der Waals surface area contributed by atoms with Gasteiger partial charge in [-0.15, -0.1) is 0 Å². The fourth-order valence-electron chi connectivity index (χ4n) is 1.52. The summed E-state index contributed by atoms with van der Waals surface area (Å²) in [7, 11) is 0. The molecule has 0 radical (unpaired) electrons. The van der Waals surface area contributed by atoms with Crippen LogP contribution in [0.1, 0.15) is 27.0 Å². The molecule has 0 bridgehead atoms. The summed E-state index contributed by atoms with van der Waals surface area (Å²) in [6.07, 6.45) is 2.51. The molecule has 16 heavy (non-hydrogen) atoms. The highest BCUT2D eigenvalue weighted by molar-refractivity contribution is 5.90. The molecule has 0 aliphatic rings. The Balaban J connectivity index is 3.22.